The third kappa shape index (κ3) is 3.38. The summed E-state index contributed by atoms with van der Waals surface area (Å²) in [6.45, 7) is 2.03. The summed E-state index contributed by atoms with van der Waals surface area (Å²) in [7, 11) is 6.58. The number of pyridine rings is 1. The molecule has 0 unspecified atom stereocenters. The molecule has 2 fully saturated rings. The first-order valence-electron chi connectivity index (χ1n) is 8.16. The molecule has 1 heterocycles. The second-order valence-electron chi connectivity index (χ2n) is 7.01. The van der Waals surface area contributed by atoms with Crippen molar-refractivity contribution in [2.45, 2.75) is 50.2 Å². The van der Waals surface area contributed by atoms with Crippen molar-refractivity contribution in [1.29, 1.82) is 0 Å². The number of nitrogens with zero attached hydrogens (tertiary/aromatic N) is 3. The van der Waals surface area contributed by atoms with Crippen molar-refractivity contribution < 1.29 is 0 Å². The highest BCUT2D eigenvalue weighted by atomic mass is 15.2. The molecule has 2 aliphatic rings. The second-order valence-corrected chi connectivity index (χ2v) is 7.01. The third-order valence-electron chi connectivity index (χ3n) is 5.14. The first-order chi connectivity index (χ1) is 10.1. The van der Waals surface area contributed by atoms with Crippen LogP contribution in [0.2, 0.25) is 0 Å². The van der Waals surface area contributed by atoms with Crippen LogP contribution in [0.3, 0.4) is 0 Å². The van der Waals surface area contributed by atoms with Crippen LogP contribution in [0.1, 0.15) is 37.7 Å². The number of anilines is 1. The molecule has 2 saturated carbocycles. The van der Waals surface area contributed by atoms with Gasteiger partial charge in [0, 0.05) is 37.9 Å². The predicted molar refractivity (Wildman–Crippen MR) is 87.6 cm³/mol. The fourth-order valence-electron chi connectivity index (χ4n) is 3.18. The first kappa shape index (κ1) is 14.8. The molecule has 1 N–H and O–H groups in total. The molecule has 0 amide bonds. The Hall–Kier alpha value is -1.13. The Morgan fingerprint density at radius 1 is 1.29 bits per heavy atom. The Balaban J connectivity index is 1.63. The fourth-order valence-corrected chi connectivity index (χ4v) is 3.18. The van der Waals surface area contributed by atoms with Crippen molar-refractivity contribution in [1.82, 2.24) is 15.2 Å². The van der Waals surface area contributed by atoms with Gasteiger partial charge in [0.1, 0.15) is 5.82 Å². The molecular weight excluding hydrogens is 260 g/mol. The van der Waals surface area contributed by atoms with Gasteiger partial charge >= 0.3 is 0 Å². The predicted octanol–water partition coefficient (Wildman–Crippen LogP) is 2.25. The van der Waals surface area contributed by atoms with E-state index in [2.05, 4.69) is 53.4 Å². The zero-order valence-electron chi connectivity index (χ0n) is 13.6. The Morgan fingerprint density at radius 3 is 2.62 bits per heavy atom. The van der Waals surface area contributed by atoms with Gasteiger partial charge in [-0.05, 0) is 63.9 Å². The molecule has 116 valence electrons. The highest BCUT2D eigenvalue weighted by Crippen LogP contribution is 2.37. The number of likely N-dealkylation sites (N-methyl/N-ethyl adjacent to an activating group) is 2. The average molecular weight is 288 g/mol. The minimum absolute atomic E-state index is 0.346. The summed E-state index contributed by atoms with van der Waals surface area (Å²) in [5.74, 6) is 1.10. The Labute approximate surface area is 128 Å². The van der Waals surface area contributed by atoms with E-state index < -0.39 is 0 Å². The number of rotatable bonds is 7. The van der Waals surface area contributed by atoms with Gasteiger partial charge in [0.2, 0.25) is 0 Å². The molecule has 0 bridgehead atoms. The molecule has 1 aromatic rings. The molecule has 3 rings (SSSR count). The smallest absolute Gasteiger partial charge is 0.128 e. The lowest BCUT2D eigenvalue weighted by atomic mass is 9.75. The molecule has 1 aromatic heterocycles. The summed E-state index contributed by atoms with van der Waals surface area (Å²) < 4.78 is 0. The minimum atomic E-state index is 0.346. The van der Waals surface area contributed by atoms with E-state index in [9.17, 15) is 0 Å². The molecule has 0 saturated heterocycles. The summed E-state index contributed by atoms with van der Waals surface area (Å²) in [5, 5.41) is 3.57. The van der Waals surface area contributed by atoms with Gasteiger partial charge in [0.15, 0.2) is 0 Å². The summed E-state index contributed by atoms with van der Waals surface area (Å²) in [5.41, 5.74) is 1.69. The van der Waals surface area contributed by atoms with E-state index in [1.165, 1.54) is 37.7 Å². The maximum Gasteiger partial charge on any atom is 0.128 e. The van der Waals surface area contributed by atoms with Crippen molar-refractivity contribution >= 4 is 5.82 Å². The topological polar surface area (TPSA) is 31.4 Å². The molecule has 0 spiro atoms. The van der Waals surface area contributed by atoms with Gasteiger partial charge in [0.25, 0.3) is 0 Å². The second kappa shape index (κ2) is 5.93. The van der Waals surface area contributed by atoms with Crippen LogP contribution in [0.25, 0.3) is 0 Å². The standard InChI is InChI=1S/C17H28N4/c1-20(2)17(8-4-9-17)13-21(3)16-11-14(7-10-18-16)12-19-15-5-6-15/h7,10-11,15,19H,4-6,8-9,12-13H2,1-3H3. The monoisotopic (exact) mass is 288 g/mol. The number of aromatic nitrogens is 1. The van der Waals surface area contributed by atoms with Crippen molar-refractivity contribution in [3.63, 3.8) is 0 Å². The van der Waals surface area contributed by atoms with Crippen molar-refractivity contribution in [3.05, 3.63) is 23.9 Å². The SMILES string of the molecule is CN(CC1(N(C)C)CCC1)c1cc(CNC2CC2)ccn1. The minimum Gasteiger partial charge on any atom is -0.358 e. The van der Waals surface area contributed by atoms with E-state index in [1.54, 1.807) is 0 Å². The van der Waals surface area contributed by atoms with Gasteiger partial charge in [-0.25, -0.2) is 4.98 Å². The summed E-state index contributed by atoms with van der Waals surface area (Å²) in [4.78, 5) is 9.28. The fraction of sp³-hybridized carbons (Fsp3) is 0.706. The van der Waals surface area contributed by atoms with Gasteiger partial charge in [-0.1, -0.05) is 0 Å². The average Bonchev–Trinajstić information content (AvgIpc) is 3.24. The Kier molecular flexibility index (Phi) is 4.18. The van der Waals surface area contributed by atoms with Crippen LogP contribution in [0.4, 0.5) is 5.82 Å². The van der Waals surface area contributed by atoms with E-state index in [1.807, 2.05) is 6.20 Å². The van der Waals surface area contributed by atoms with E-state index in [4.69, 9.17) is 0 Å². The Morgan fingerprint density at radius 2 is 2.05 bits per heavy atom. The molecule has 2 aliphatic carbocycles. The number of hydrogen-bond acceptors (Lipinski definition) is 4. The summed E-state index contributed by atoms with van der Waals surface area (Å²) in [6.07, 6.45) is 8.57. The highest BCUT2D eigenvalue weighted by Gasteiger charge is 2.40. The van der Waals surface area contributed by atoms with E-state index in [0.717, 1.165) is 24.9 Å². The van der Waals surface area contributed by atoms with Crippen LogP contribution in [0, 0.1) is 0 Å². The molecule has 4 heteroatoms. The zero-order valence-corrected chi connectivity index (χ0v) is 13.6. The van der Waals surface area contributed by atoms with Crippen molar-refractivity contribution in [3.8, 4) is 0 Å². The molecule has 0 aliphatic heterocycles. The lowest BCUT2D eigenvalue weighted by Crippen LogP contribution is -2.56. The molecule has 0 radical (unpaired) electrons. The van der Waals surface area contributed by atoms with Crippen LogP contribution < -0.4 is 10.2 Å². The molecule has 0 aromatic carbocycles. The lowest BCUT2D eigenvalue weighted by Gasteiger charge is -2.49. The van der Waals surface area contributed by atoms with Crippen molar-refractivity contribution in [2.75, 3.05) is 32.6 Å². The molecule has 21 heavy (non-hydrogen) atoms. The zero-order chi connectivity index (χ0) is 14.9. The van der Waals surface area contributed by atoms with Crippen LogP contribution >= 0.6 is 0 Å². The highest BCUT2D eigenvalue weighted by molar-refractivity contribution is 5.41. The maximum absolute atomic E-state index is 4.56. The lowest BCUT2D eigenvalue weighted by molar-refractivity contribution is 0.0682. The Bertz CT molecular complexity index is 477. The summed E-state index contributed by atoms with van der Waals surface area (Å²) >= 11 is 0. The van der Waals surface area contributed by atoms with Gasteiger partial charge < -0.3 is 15.1 Å². The van der Waals surface area contributed by atoms with Gasteiger partial charge in [0.05, 0.1) is 0 Å². The normalized spacial score (nSPS) is 20.4. The molecular formula is C17H28N4. The van der Waals surface area contributed by atoms with E-state index >= 15 is 0 Å². The van der Waals surface area contributed by atoms with Gasteiger partial charge in [-0.3, -0.25) is 0 Å². The largest absolute Gasteiger partial charge is 0.358 e. The van der Waals surface area contributed by atoms with Gasteiger partial charge in [-0.15, -0.1) is 0 Å². The van der Waals surface area contributed by atoms with E-state index in [-0.39, 0.29) is 0 Å². The van der Waals surface area contributed by atoms with Crippen LogP contribution in [0.5, 0.6) is 0 Å². The molecule has 4 nitrogen and oxygen atoms in total. The number of nitrogens with one attached hydrogen (secondary N) is 1. The summed E-state index contributed by atoms with van der Waals surface area (Å²) in [6, 6.07) is 5.11. The maximum atomic E-state index is 4.56. The van der Waals surface area contributed by atoms with Crippen LogP contribution in [0.15, 0.2) is 18.3 Å². The van der Waals surface area contributed by atoms with Crippen molar-refractivity contribution in [2.24, 2.45) is 0 Å². The number of hydrogen-bond donors (Lipinski definition) is 1. The quantitative estimate of drug-likeness (QED) is 0.834. The van der Waals surface area contributed by atoms with E-state index in [0.29, 0.717) is 5.54 Å². The first-order valence-corrected chi connectivity index (χ1v) is 8.16. The van der Waals surface area contributed by atoms with Crippen LogP contribution in [-0.2, 0) is 6.54 Å². The molecule has 0 atom stereocenters. The van der Waals surface area contributed by atoms with Crippen LogP contribution in [-0.4, -0.2) is 49.2 Å². The third-order valence-corrected chi connectivity index (χ3v) is 5.14. The van der Waals surface area contributed by atoms with Gasteiger partial charge in [-0.2, -0.15) is 0 Å².